The van der Waals surface area contributed by atoms with E-state index in [-0.39, 0.29) is 17.9 Å². The number of rotatable bonds is 8. The zero-order chi connectivity index (χ0) is 18.4. The molecule has 2 rings (SSSR count). The normalized spacial score (nSPS) is 14.2. The van der Waals surface area contributed by atoms with Gasteiger partial charge in [-0.2, -0.15) is 11.3 Å². The van der Waals surface area contributed by atoms with Gasteiger partial charge in [0.05, 0.1) is 6.42 Å². The first-order valence-corrected chi connectivity index (χ1v) is 9.76. The van der Waals surface area contributed by atoms with Gasteiger partial charge < -0.3 is 10.4 Å². The van der Waals surface area contributed by atoms with Gasteiger partial charge in [0.15, 0.2) is 0 Å². The van der Waals surface area contributed by atoms with E-state index in [1.165, 1.54) is 11.1 Å². The lowest BCUT2D eigenvalue weighted by atomic mass is 9.86. The number of carbonyl (C=O) groups is 1. The van der Waals surface area contributed by atoms with Gasteiger partial charge in [-0.15, -0.1) is 0 Å². The van der Waals surface area contributed by atoms with Crippen molar-refractivity contribution in [2.24, 2.45) is 5.92 Å². The van der Waals surface area contributed by atoms with E-state index >= 15 is 0 Å². The first kappa shape index (κ1) is 19.7. The quantitative estimate of drug-likeness (QED) is 0.695. The van der Waals surface area contributed by atoms with Crippen LogP contribution in [0, 0.1) is 5.92 Å². The Morgan fingerprint density at radius 1 is 1.20 bits per heavy atom. The molecule has 0 aliphatic rings. The molecule has 0 spiro atoms. The average Bonchev–Trinajstić information content (AvgIpc) is 3.05. The van der Waals surface area contributed by atoms with E-state index < -0.39 is 5.97 Å². The third-order valence-electron chi connectivity index (χ3n) is 4.44. The molecule has 0 aliphatic heterocycles. The van der Waals surface area contributed by atoms with Crippen LogP contribution in [0.2, 0.25) is 0 Å². The van der Waals surface area contributed by atoms with Crippen LogP contribution in [0.3, 0.4) is 0 Å². The van der Waals surface area contributed by atoms with Crippen molar-refractivity contribution in [3.8, 4) is 0 Å². The Morgan fingerprint density at radius 3 is 2.40 bits per heavy atom. The molecule has 3 nitrogen and oxygen atoms in total. The molecule has 0 unspecified atom stereocenters. The smallest absolute Gasteiger partial charge is 0.305 e. The minimum Gasteiger partial charge on any atom is -0.481 e. The number of hydrogen-bond acceptors (Lipinski definition) is 3. The van der Waals surface area contributed by atoms with Gasteiger partial charge in [0.1, 0.15) is 0 Å². The van der Waals surface area contributed by atoms with Gasteiger partial charge in [0.2, 0.25) is 0 Å². The van der Waals surface area contributed by atoms with Gasteiger partial charge in [-0.25, -0.2) is 0 Å². The maximum atomic E-state index is 11.1. The lowest BCUT2D eigenvalue weighted by molar-refractivity contribution is -0.137. The lowest BCUT2D eigenvalue weighted by Gasteiger charge is -2.21. The standard InChI is InChI=1S/C21H29NO2S/c1-15(11-16-5-7-18(8-6-16)21(2,3)4)13-22-19(12-20(23)24)17-9-10-25-14-17/h5-10,14-15,19,22H,11-13H2,1-4H3,(H,23,24)/t15-,19-/m0/s1. The molecule has 0 aliphatic carbocycles. The maximum Gasteiger partial charge on any atom is 0.305 e. The van der Waals surface area contributed by atoms with E-state index in [1.807, 2.05) is 16.8 Å². The Balaban J connectivity index is 1.90. The van der Waals surface area contributed by atoms with Crippen LogP contribution in [0.15, 0.2) is 41.1 Å². The highest BCUT2D eigenvalue weighted by molar-refractivity contribution is 7.07. The molecule has 1 heterocycles. The molecule has 0 fully saturated rings. The van der Waals surface area contributed by atoms with Crippen LogP contribution in [-0.2, 0) is 16.6 Å². The van der Waals surface area contributed by atoms with Crippen molar-refractivity contribution in [2.75, 3.05) is 6.54 Å². The molecule has 2 aromatic rings. The van der Waals surface area contributed by atoms with E-state index in [0.717, 1.165) is 18.5 Å². The predicted octanol–water partition coefficient (Wildman–Crippen LogP) is 5.03. The van der Waals surface area contributed by atoms with E-state index in [0.29, 0.717) is 5.92 Å². The third kappa shape index (κ3) is 6.29. The molecule has 25 heavy (non-hydrogen) atoms. The molecule has 1 aromatic carbocycles. The van der Waals surface area contributed by atoms with Gasteiger partial charge in [-0.05, 0) is 57.8 Å². The van der Waals surface area contributed by atoms with Crippen molar-refractivity contribution >= 4 is 17.3 Å². The van der Waals surface area contributed by atoms with E-state index in [2.05, 4.69) is 57.3 Å². The average molecular weight is 360 g/mol. The maximum absolute atomic E-state index is 11.1. The summed E-state index contributed by atoms with van der Waals surface area (Å²) < 4.78 is 0. The van der Waals surface area contributed by atoms with Crippen molar-refractivity contribution < 1.29 is 9.90 Å². The number of benzene rings is 1. The molecule has 0 saturated carbocycles. The SMILES string of the molecule is C[C@H](CN[C@@H](CC(=O)O)c1ccsc1)Cc1ccc(C(C)(C)C)cc1. The lowest BCUT2D eigenvalue weighted by Crippen LogP contribution is -2.28. The molecule has 0 saturated heterocycles. The highest BCUT2D eigenvalue weighted by Crippen LogP contribution is 2.23. The van der Waals surface area contributed by atoms with Crippen molar-refractivity contribution in [1.29, 1.82) is 0 Å². The van der Waals surface area contributed by atoms with Crippen LogP contribution < -0.4 is 5.32 Å². The van der Waals surface area contributed by atoms with Gasteiger partial charge in [-0.1, -0.05) is 52.0 Å². The second-order valence-electron chi connectivity index (χ2n) is 7.87. The summed E-state index contributed by atoms with van der Waals surface area (Å²) in [6, 6.07) is 10.7. The summed E-state index contributed by atoms with van der Waals surface area (Å²) in [7, 11) is 0. The minimum atomic E-state index is -0.769. The largest absolute Gasteiger partial charge is 0.481 e. The second-order valence-corrected chi connectivity index (χ2v) is 8.65. The third-order valence-corrected chi connectivity index (χ3v) is 5.14. The summed E-state index contributed by atoms with van der Waals surface area (Å²) in [5.74, 6) is -0.329. The Labute approximate surface area is 155 Å². The first-order chi connectivity index (χ1) is 11.8. The fourth-order valence-electron chi connectivity index (χ4n) is 2.91. The predicted molar refractivity (Wildman–Crippen MR) is 105 cm³/mol. The van der Waals surface area contributed by atoms with Crippen molar-refractivity contribution in [3.05, 3.63) is 57.8 Å². The topological polar surface area (TPSA) is 49.3 Å². The van der Waals surface area contributed by atoms with Crippen molar-refractivity contribution in [2.45, 2.75) is 52.0 Å². The van der Waals surface area contributed by atoms with Gasteiger partial charge in [-0.3, -0.25) is 4.79 Å². The Hall–Kier alpha value is -1.65. The number of nitrogens with one attached hydrogen (secondary N) is 1. The van der Waals surface area contributed by atoms with Crippen LogP contribution in [-0.4, -0.2) is 17.6 Å². The summed E-state index contributed by atoms with van der Waals surface area (Å²) in [6.07, 6.45) is 1.10. The molecular formula is C21H29NO2S. The zero-order valence-corrected chi connectivity index (χ0v) is 16.4. The summed E-state index contributed by atoms with van der Waals surface area (Å²) in [5.41, 5.74) is 3.92. The summed E-state index contributed by atoms with van der Waals surface area (Å²) in [6.45, 7) is 9.68. The Morgan fingerprint density at radius 2 is 1.88 bits per heavy atom. The van der Waals surface area contributed by atoms with Crippen LogP contribution in [0.5, 0.6) is 0 Å². The van der Waals surface area contributed by atoms with Crippen LogP contribution in [0.4, 0.5) is 0 Å². The fraction of sp³-hybridized carbons (Fsp3) is 0.476. The van der Waals surface area contributed by atoms with Crippen LogP contribution in [0.25, 0.3) is 0 Å². The fourth-order valence-corrected chi connectivity index (χ4v) is 3.63. The summed E-state index contributed by atoms with van der Waals surface area (Å²) in [4.78, 5) is 11.1. The van der Waals surface area contributed by atoms with Crippen LogP contribution in [0.1, 0.15) is 56.8 Å². The highest BCUT2D eigenvalue weighted by atomic mass is 32.1. The Bertz CT molecular complexity index is 656. The van der Waals surface area contributed by atoms with E-state index in [9.17, 15) is 4.79 Å². The zero-order valence-electron chi connectivity index (χ0n) is 15.6. The Kier molecular flexibility index (Phi) is 6.79. The van der Waals surface area contributed by atoms with Gasteiger partial charge in [0.25, 0.3) is 0 Å². The summed E-state index contributed by atoms with van der Waals surface area (Å²) >= 11 is 1.60. The van der Waals surface area contributed by atoms with Crippen molar-refractivity contribution in [1.82, 2.24) is 5.32 Å². The molecule has 0 bridgehead atoms. The van der Waals surface area contributed by atoms with Crippen LogP contribution >= 0.6 is 11.3 Å². The molecule has 2 atom stereocenters. The molecule has 1 aromatic heterocycles. The first-order valence-electron chi connectivity index (χ1n) is 8.82. The monoisotopic (exact) mass is 359 g/mol. The number of aliphatic carboxylic acids is 1. The molecule has 136 valence electrons. The second kappa shape index (κ2) is 8.63. The number of carboxylic acid groups (broad SMARTS) is 1. The number of thiophene rings is 1. The van der Waals surface area contributed by atoms with Gasteiger partial charge >= 0.3 is 5.97 Å². The van der Waals surface area contributed by atoms with Gasteiger partial charge in [0, 0.05) is 6.04 Å². The molecular weight excluding hydrogens is 330 g/mol. The molecule has 0 radical (unpaired) electrons. The summed E-state index contributed by atoms with van der Waals surface area (Å²) in [5, 5.41) is 16.6. The van der Waals surface area contributed by atoms with E-state index in [1.54, 1.807) is 11.3 Å². The van der Waals surface area contributed by atoms with Crippen molar-refractivity contribution in [3.63, 3.8) is 0 Å². The number of carboxylic acids is 1. The number of hydrogen-bond donors (Lipinski definition) is 2. The molecule has 0 amide bonds. The highest BCUT2D eigenvalue weighted by Gasteiger charge is 2.17. The minimum absolute atomic E-state index is 0.115. The molecule has 4 heteroatoms. The molecule has 2 N–H and O–H groups in total. The van der Waals surface area contributed by atoms with E-state index in [4.69, 9.17) is 5.11 Å².